The summed E-state index contributed by atoms with van der Waals surface area (Å²) in [4.78, 5) is 17.5. The number of carbonyl (C=O) groups excluding carboxylic acids is 1. The minimum atomic E-state index is -0.471. The molecule has 0 unspecified atom stereocenters. The van der Waals surface area contributed by atoms with Gasteiger partial charge in [0, 0.05) is 22.0 Å². The molecule has 1 aliphatic rings. The van der Waals surface area contributed by atoms with Crippen molar-refractivity contribution >= 4 is 29.1 Å². The highest BCUT2D eigenvalue weighted by Gasteiger charge is 2.34. The number of nitrogens with one attached hydrogen (secondary N) is 2. The molecule has 136 valence electrons. The lowest BCUT2D eigenvalue weighted by Gasteiger charge is -2.29. The normalized spacial score (nSPS) is 15.9. The van der Waals surface area contributed by atoms with Crippen LogP contribution in [0.3, 0.4) is 0 Å². The van der Waals surface area contributed by atoms with E-state index < -0.39 is 6.04 Å². The van der Waals surface area contributed by atoms with Gasteiger partial charge in [-0.1, -0.05) is 48.0 Å². The molecule has 1 atom stereocenters. The van der Waals surface area contributed by atoms with E-state index >= 15 is 0 Å². The predicted octanol–water partition coefficient (Wildman–Crippen LogP) is 4.17. The third-order valence-electron chi connectivity index (χ3n) is 4.63. The second-order valence-corrected chi connectivity index (χ2v) is 6.79. The van der Waals surface area contributed by atoms with Gasteiger partial charge in [0.15, 0.2) is 0 Å². The molecule has 0 spiro atoms. The number of hydrogen-bond donors (Lipinski definition) is 2. The predicted molar refractivity (Wildman–Crippen MR) is 106 cm³/mol. The highest BCUT2D eigenvalue weighted by molar-refractivity contribution is 6.31. The zero-order valence-corrected chi connectivity index (χ0v) is 15.7. The molecule has 7 heteroatoms. The average Bonchev–Trinajstić information content (AvgIpc) is 3.11. The van der Waals surface area contributed by atoms with Crippen molar-refractivity contribution in [3.05, 3.63) is 82.3 Å². The molecule has 0 radical (unpaired) electrons. The van der Waals surface area contributed by atoms with Crippen LogP contribution in [0.1, 0.15) is 24.1 Å². The minimum Gasteiger partial charge on any atom is -0.328 e. The third kappa shape index (κ3) is 3.08. The Hall–Kier alpha value is -3.12. The molecule has 2 N–H and O–H groups in total. The largest absolute Gasteiger partial charge is 0.328 e. The molecule has 1 aromatic heterocycles. The fourth-order valence-electron chi connectivity index (χ4n) is 3.27. The molecular weight excluding hydrogens is 362 g/mol. The van der Waals surface area contributed by atoms with Crippen LogP contribution in [0.2, 0.25) is 5.02 Å². The number of allylic oxidation sites excluding steroid dienone is 1. The number of hydrogen-bond acceptors (Lipinski definition) is 4. The lowest BCUT2D eigenvalue weighted by atomic mass is 9.95. The van der Waals surface area contributed by atoms with Gasteiger partial charge in [-0.15, -0.1) is 0 Å². The van der Waals surface area contributed by atoms with Crippen molar-refractivity contribution in [1.82, 2.24) is 14.8 Å². The molecule has 1 aliphatic heterocycles. The van der Waals surface area contributed by atoms with Crippen LogP contribution >= 0.6 is 11.6 Å². The zero-order chi connectivity index (χ0) is 19.0. The summed E-state index contributed by atoms with van der Waals surface area (Å²) < 4.78 is 1.68. The summed E-state index contributed by atoms with van der Waals surface area (Å²) >= 11 is 6.46. The molecule has 0 saturated carbocycles. The first kappa shape index (κ1) is 17.3. The Labute approximate surface area is 161 Å². The Kier molecular flexibility index (Phi) is 4.41. The van der Waals surface area contributed by atoms with E-state index in [0.29, 0.717) is 22.2 Å². The molecular formula is C20H18ClN5O. The van der Waals surface area contributed by atoms with Gasteiger partial charge in [0.1, 0.15) is 12.4 Å². The van der Waals surface area contributed by atoms with Gasteiger partial charge in [0.25, 0.3) is 5.91 Å². The molecule has 2 aromatic carbocycles. The Morgan fingerprint density at radius 3 is 2.67 bits per heavy atom. The number of benzene rings is 2. The lowest BCUT2D eigenvalue weighted by Crippen LogP contribution is -2.31. The summed E-state index contributed by atoms with van der Waals surface area (Å²) in [7, 11) is 0. The van der Waals surface area contributed by atoms with Crippen molar-refractivity contribution in [2.24, 2.45) is 0 Å². The third-order valence-corrected chi connectivity index (χ3v) is 4.98. The Bertz CT molecular complexity index is 1060. The first-order valence-corrected chi connectivity index (χ1v) is 8.92. The standard InChI is InChI=1S/C20H18ClN5O/c1-12-7-3-6-10-16(12)25-19(27)17-13(2)24-20-22-11-23-26(20)18(17)14-8-4-5-9-15(14)21/h3-11,18H,1-2H3,(H,25,27)(H,22,23,24)/t18-/m0/s1. The summed E-state index contributed by atoms with van der Waals surface area (Å²) in [6.45, 7) is 3.81. The molecule has 3 aromatic rings. The first-order valence-electron chi connectivity index (χ1n) is 8.55. The molecule has 0 fully saturated rings. The molecule has 27 heavy (non-hydrogen) atoms. The van der Waals surface area contributed by atoms with Crippen LogP contribution in [-0.2, 0) is 4.79 Å². The summed E-state index contributed by atoms with van der Waals surface area (Å²) in [5, 5.41) is 11.1. The maximum Gasteiger partial charge on any atom is 0.255 e. The van der Waals surface area contributed by atoms with E-state index in [4.69, 9.17) is 11.6 Å². The average molecular weight is 380 g/mol. The van der Waals surface area contributed by atoms with E-state index in [0.717, 1.165) is 16.8 Å². The van der Waals surface area contributed by atoms with Gasteiger partial charge in [-0.05, 0) is 31.5 Å². The molecule has 0 bridgehead atoms. The van der Waals surface area contributed by atoms with E-state index in [1.807, 2.05) is 62.4 Å². The van der Waals surface area contributed by atoms with Gasteiger partial charge in [0.05, 0.1) is 5.57 Å². The Morgan fingerprint density at radius 2 is 1.89 bits per heavy atom. The van der Waals surface area contributed by atoms with Crippen molar-refractivity contribution in [3.8, 4) is 0 Å². The first-order chi connectivity index (χ1) is 13.1. The Morgan fingerprint density at radius 1 is 1.15 bits per heavy atom. The van der Waals surface area contributed by atoms with E-state index in [1.165, 1.54) is 6.33 Å². The molecule has 6 nitrogen and oxygen atoms in total. The molecule has 0 saturated heterocycles. The number of nitrogens with zero attached hydrogens (tertiary/aromatic N) is 3. The van der Waals surface area contributed by atoms with Crippen LogP contribution < -0.4 is 10.6 Å². The van der Waals surface area contributed by atoms with Crippen LogP contribution in [-0.4, -0.2) is 20.7 Å². The van der Waals surface area contributed by atoms with Crippen LogP contribution in [0.15, 0.2) is 66.1 Å². The van der Waals surface area contributed by atoms with E-state index in [9.17, 15) is 4.79 Å². The monoisotopic (exact) mass is 379 g/mol. The molecule has 2 heterocycles. The van der Waals surface area contributed by atoms with Crippen molar-refractivity contribution in [3.63, 3.8) is 0 Å². The fraction of sp³-hybridized carbons (Fsp3) is 0.150. The van der Waals surface area contributed by atoms with E-state index in [1.54, 1.807) is 4.68 Å². The molecule has 1 amide bonds. The van der Waals surface area contributed by atoms with Gasteiger partial charge in [-0.2, -0.15) is 10.1 Å². The van der Waals surface area contributed by atoms with Gasteiger partial charge in [-0.25, -0.2) is 4.68 Å². The zero-order valence-electron chi connectivity index (χ0n) is 14.9. The maximum absolute atomic E-state index is 13.2. The number of carbonyl (C=O) groups is 1. The van der Waals surface area contributed by atoms with Crippen LogP contribution in [0.4, 0.5) is 11.6 Å². The number of para-hydroxylation sites is 1. The number of aryl methyl sites for hydroxylation is 1. The van der Waals surface area contributed by atoms with Gasteiger partial charge < -0.3 is 10.6 Å². The van der Waals surface area contributed by atoms with E-state index in [-0.39, 0.29) is 5.91 Å². The summed E-state index contributed by atoms with van der Waals surface area (Å²) in [6, 6.07) is 14.7. The lowest BCUT2D eigenvalue weighted by molar-refractivity contribution is -0.113. The number of aromatic nitrogens is 3. The van der Waals surface area contributed by atoms with E-state index in [2.05, 4.69) is 20.7 Å². The highest BCUT2D eigenvalue weighted by atomic mass is 35.5. The number of amides is 1. The minimum absolute atomic E-state index is 0.208. The number of rotatable bonds is 3. The Balaban J connectivity index is 1.80. The van der Waals surface area contributed by atoms with Gasteiger partial charge in [0.2, 0.25) is 5.95 Å². The van der Waals surface area contributed by atoms with Gasteiger partial charge in [-0.3, -0.25) is 4.79 Å². The number of fused-ring (bicyclic) bond motifs is 1. The number of halogens is 1. The second-order valence-electron chi connectivity index (χ2n) is 6.38. The number of anilines is 2. The SMILES string of the molecule is CC1=C(C(=O)Nc2ccccc2C)[C@H](c2ccccc2Cl)n2ncnc2N1. The van der Waals surface area contributed by atoms with Crippen molar-refractivity contribution < 1.29 is 4.79 Å². The van der Waals surface area contributed by atoms with Crippen molar-refractivity contribution in [2.75, 3.05) is 10.6 Å². The second kappa shape index (κ2) is 6.89. The van der Waals surface area contributed by atoms with Crippen molar-refractivity contribution in [2.45, 2.75) is 19.9 Å². The summed E-state index contributed by atoms with van der Waals surface area (Å²) in [5.74, 6) is 0.366. The summed E-state index contributed by atoms with van der Waals surface area (Å²) in [5.41, 5.74) is 3.81. The smallest absolute Gasteiger partial charge is 0.255 e. The van der Waals surface area contributed by atoms with Crippen LogP contribution in [0, 0.1) is 6.92 Å². The summed E-state index contributed by atoms with van der Waals surface area (Å²) in [6.07, 6.45) is 1.46. The fourth-order valence-corrected chi connectivity index (χ4v) is 3.51. The van der Waals surface area contributed by atoms with Crippen LogP contribution in [0.25, 0.3) is 0 Å². The van der Waals surface area contributed by atoms with Crippen molar-refractivity contribution in [1.29, 1.82) is 0 Å². The molecule has 0 aliphatic carbocycles. The maximum atomic E-state index is 13.2. The van der Waals surface area contributed by atoms with Gasteiger partial charge >= 0.3 is 0 Å². The topological polar surface area (TPSA) is 71.8 Å². The molecule has 4 rings (SSSR count). The van der Waals surface area contributed by atoms with Crippen LogP contribution in [0.5, 0.6) is 0 Å². The highest BCUT2D eigenvalue weighted by Crippen LogP contribution is 2.38. The quantitative estimate of drug-likeness (QED) is 0.716.